The lowest BCUT2D eigenvalue weighted by molar-refractivity contribution is 0.0953. The number of Topliss-reactive ketones (excluding diaryl/α,β-unsaturated/α-hetero) is 1. The summed E-state index contributed by atoms with van der Waals surface area (Å²) in [6, 6.07) is 14.4. The van der Waals surface area contributed by atoms with Gasteiger partial charge in [0.05, 0.1) is 7.11 Å². The molecule has 1 aliphatic rings. The number of halogens is 1. The molecular formula is C16H13ClO3. The minimum atomic E-state index is -0.441. The van der Waals surface area contributed by atoms with E-state index in [0.29, 0.717) is 10.6 Å². The van der Waals surface area contributed by atoms with Gasteiger partial charge in [0, 0.05) is 16.1 Å². The molecule has 0 bridgehead atoms. The third kappa shape index (κ3) is 2.42. The molecule has 0 aliphatic carbocycles. The summed E-state index contributed by atoms with van der Waals surface area (Å²) in [5, 5.41) is 0.627. The average Bonchev–Trinajstić information content (AvgIpc) is 3.27. The highest BCUT2D eigenvalue weighted by atomic mass is 35.5. The zero-order chi connectivity index (χ0) is 14.1. The van der Waals surface area contributed by atoms with Crippen molar-refractivity contribution in [3.63, 3.8) is 0 Å². The first kappa shape index (κ1) is 13.2. The van der Waals surface area contributed by atoms with E-state index < -0.39 is 6.10 Å². The van der Waals surface area contributed by atoms with Gasteiger partial charge in [0.15, 0.2) is 11.9 Å². The Morgan fingerprint density at radius 2 is 1.85 bits per heavy atom. The van der Waals surface area contributed by atoms with Crippen LogP contribution in [-0.2, 0) is 4.74 Å². The fourth-order valence-electron chi connectivity index (χ4n) is 2.17. The predicted octanol–water partition coefficient (Wildman–Crippen LogP) is 3.67. The Bertz CT molecular complexity index is 636. The van der Waals surface area contributed by atoms with Crippen LogP contribution in [0.2, 0.25) is 5.02 Å². The molecule has 2 unspecified atom stereocenters. The van der Waals surface area contributed by atoms with E-state index >= 15 is 0 Å². The summed E-state index contributed by atoms with van der Waals surface area (Å²) in [6.07, 6.45) is -0.679. The van der Waals surface area contributed by atoms with Gasteiger partial charge in [-0.1, -0.05) is 29.8 Å². The van der Waals surface area contributed by atoms with Crippen LogP contribution in [0.3, 0.4) is 0 Å². The van der Waals surface area contributed by atoms with Gasteiger partial charge in [0.2, 0.25) is 0 Å². The first-order valence-corrected chi connectivity index (χ1v) is 6.66. The van der Waals surface area contributed by atoms with Gasteiger partial charge >= 0.3 is 0 Å². The molecule has 20 heavy (non-hydrogen) atoms. The molecule has 3 rings (SSSR count). The highest BCUT2D eigenvalue weighted by Crippen LogP contribution is 2.43. The van der Waals surface area contributed by atoms with Gasteiger partial charge < -0.3 is 9.47 Å². The fraction of sp³-hybridized carbons (Fsp3) is 0.188. The highest BCUT2D eigenvalue weighted by Gasteiger charge is 2.46. The lowest BCUT2D eigenvalue weighted by atomic mass is 10.0. The molecule has 1 aliphatic heterocycles. The second-order valence-electron chi connectivity index (χ2n) is 4.59. The van der Waals surface area contributed by atoms with E-state index in [2.05, 4.69) is 0 Å². The number of hydrogen-bond acceptors (Lipinski definition) is 3. The molecule has 0 aromatic heterocycles. The molecule has 102 valence electrons. The van der Waals surface area contributed by atoms with Crippen LogP contribution in [0.25, 0.3) is 0 Å². The highest BCUT2D eigenvalue weighted by molar-refractivity contribution is 6.31. The molecule has 0 radical (unpaired) electrons. The van der Waals surface area contributed by atoms with Crippen molar-refractivity contribution in [2.45, 2.75) is 12.2 Å². The van der Waals surface area contributed by atoms with Gasteiger partial charge in [-0.05, 0) is 30.3 Å². The molecule has 3 nitrogen and oxygen atoms in total. The first-order valence-electron chi connectivity index (χ1n) is 6.29. The van der Waals surface area contributed by atoms with Gasteiger partial charge in [-0.2, -0.15) is 0 Å². The second-order valence-corrected chi connectivity index (χ2v) is 5.00. The van der Waals surface area contributed by atoms with Crippen LogP contribution in [0.4, 0.5) is 0 Å². The molecule has 0 saturated carbocycles. The van der Waals surface area contributed by atoms with Crippen molar-refractivity contribution in [1.29, 1.82) is 0 Å². The molecule has 2 aromatic carbocycles. The maximum absolute atomic E-state index is 12.3. The van der Waals surface area contributed by atoms with E-state index in [9.17, 15) is 4.79 Å². The number of epoxide rings is 1. The molecule has 2 aromatic rings. The second kappa shape index (κ2) is 5.27. The first-order chi connectivity index (χ1) is 9.70. The summed E-state index contributed by atoms with van der Waals surface area (Å²) in [5.74, 6) is 0.693. The van der Waals surface area contributed by atoms with Crippen molar-refractivity contribution >= 4 is 17.4 Å². The average molecular weight is 289 g/mol. The molecule has 0 amide bonds. The largest absolute Gasteiger partial charge is 0.497 e. The van der Waals surface area contributed by atoms with Crippen LogP contribution in [0, 0.1) is 0 Å². The van der Waals surface area contributed by atoms with Crippen LogP contribution in [0.5, 0.6) is 5.75 Å². The molecular weight excluding hydrogens is 276 g/mol. The Kier molecular flexibility index (Phi) is 3.47. The molecule has 1 saturated heterocycles. The molecule has 1 heterocycles. The smallest absolute Gasteiger partial charge is 0.194 e. The Balaban J connectivity index is 1.75. The van der Waals surface area contributed by atoms with Crippen LogP contribution >= 0.6 is 11.6 Å². The van der Waals surface area contributed by atoms with Crippen LogP contribution < -0.4 is 4.74 Å². The van der Waals surface area contributed by atoms with Crippen molar-refractivity contribution in [2.24, 2.45) is 0 Å². The zero-order valence-corrected chi connectivity index (χ0v) is 11.6. The molecule has 4 heteroatoms. The molecule has 2 atom stereocenters. The van der Waals surface area contributed by atoms with Gasteiger partial charge in [-0.25, -0.2) is 0 Å². The lowest BCUT2D eigenvalue weighted by Gasteiger charge is -2.01. The van der Waals surface area contributed by atoms with Crippen molar-refractivity contribution in [2.75, 3.05) is 7.11 Å². The van der Waals surface area contributed by atoms with Crippen LogP contribution in [0.15, 0.2) is 48.5 Å². The predicted molar refractivity (Wildman–Crippen MR) is 76.4 cm³/mol. The van der Waals surface area contributed by atoms with Crippen molar-refractivity contribution < 1.29 is 14.3 Å². The van der Waals surface area contributed by atoms with E-state index in [-0.39, 0.29) is 11.9 Å². The van der Waals surface area contributed by atoms with Gasteiger partial charge in [0.1, 0.15) is 11.9 Å². The maximum atomic E-state index is 12.3. The topological polar surface area (TPSA) is 38.8 Å². The molecule has 0 N–H and O–H groups in total. The van der Waals surface area contributed by atoms with E-state index in [1.165, 1.54) is 0 Å². The van der Waals surface area contributed by atoms with Crippen molar-refractivity contribution in [1.82, 2.24) is 0 Å². The van der Waals surface area contributed by atoms with E-state index in [0.717, 1.165) is 11.3 Å². The molecule has 0 spiro atoms. The number of hydrogen-bond donors (Lipinski definition) is 0. The standard InChI is InChI=1S/C16H13ClO3/c1-19-11-8-6-10(7-9-11)14(18)16-15(20-16)12-4-2-3-5-13(12)17/h2-9,15-16H,1H3. The van der Waals surface area contributed by atoms with Crippen LogP contribution in [-0.4, -0.2) is 19.0 Å². The van der Waals surface area contributed by atoms with Crippen molar-refractivity contribution in [3.05, 3.63) is 64.7 Å². The summed E-state index contributed by atoms with van der Waals surface area (Å²) in [6.45, 7) is 0. The zero-order valence-electron chi connectivity index (χ0n) is 10.9. The Labute approximate surface area is 122 Å². The monoisotopic (exact) mass is 288 g/mol. The maximum Gasteiger partial charge on any atom is 0.194 e. The SMILES string of the molecule is COc1ccc(C(=O)C2OC2c2ccccc2Cl)cc1. The quantitative estimate of drug-likeness (QED) is 0.636. The summed E-state index contributed by atoms with van der Waals surface area (Å²) in [7, 11) is 1.59. The summed E-state index contributed by atoms with van der Waals surface area (Å²) < 4.78 is 10.6. The third-order valence-electron chi connectivity index (χ3n) is 3.34. The van der Waals surface area contributed by atoms with Crippen molar-refractivity contribution in [3.8, 4) is 5.75 Å². The number of carbonyl (C=O) groups is 1. The lowest BCUT2D eigenvalue weighted by Crippen LogP contribution is -2.08. The number of ketones is 1. The number of rotatable bonds is 4. The minimum Gasteiger partial charge on any atom is -0.497 e. The summed E-state index contributed by atoms with van der Waals surface area (Å²) in [5.41, 5.74) is 1.48. The number of ether oxygens (including phenoxy) is 2. The fourth-order valence-corrected chi connectivity index (χ4v) is 2.42. The minimum absolute atomic E-state index is 0.0300. The van der Waals surface area contributed by atoms with E-state index in [4.69, 9.17) is 21.1 Å². The van der Waals surface area contributed by atoms with Gasteiger partial charge in [-0.3, -0.25) is 4.79 Å². The van der Waals surface area contributed by atoms with Gasteiger partial charge in [-0.15, -0.1) is 0 Å². The van der Waals surface area contributed by atoms with E-state index in [1.807, 2.05) is 18.2 Å². The van der Waals surface area contributed by atoms with Crippen LogP contribution in [0.1, 0.15) is 22.0 Å². The Hall–Kier alpha value is -1.84. The number of methoxy groups -OCH3 is 1. The summed E-state index contributed by atoms with van der Waals surface area (Å²) >= 11 is 6.11. The number of carbonyl (C=O) groups excluding carboxylic acids is 1. The Morgan fingerprint density at radius 1 is 1.15 bits per heavy atom. The molecule has 1 fully saturated rings. The third-order valence-corrected chi connectivity index (χ3v) is 3.68. The summed E-state index contributed by atoms with van der Waals surface area (Å²) in [4.78, 5) is 12.3. The number of benzene rings is 2. The van der Waals surface area contributed by atoms with E-state index in [1.54, 1.807) is 37.4 Å². The normalized spacial score (nSPS) is 20.5. The van der Waals surface area contributed by atoms with Gasteiger partial charge in [0.25, 0.3) is 0 Å². The Morgan fingerprint density at radius 3 is 2.50 bits per heavy atom.